The molecule has 0 bridgehead atoms. The fourth-order valence-corrected chi connectivity index (χ4v) is 3.47. The number of rotatable bonds is 5. The van der Waals surface area contributed by atoms with E-state index in [0.717, 1.165) is 18.6 Å². The maximum absolute atomic E-state index is 13.8. The maximum atomic E-state index is 13.8. The third kappa shape index (κ3) is 4.17. The molecular weight excluding hydrogens is 317 g/mol. The molecule has 1 unspecified atom stereocenters. The lowest BCUT2D eigenvalue weighted by Crippen LogP contribution is -2.33. The molecule has 1 aliphatic rings. The summed E-state index contributed by atoms with van der Waals surface area (Å²) in [5.41, 5.74) is -0.132. The van der Waals surface area contributed by atoms with Gasteiger partial charge in [-0.15, -0.1) is 0 Å². The molecule has 0 aromatic heterocycles. The third-order valence-corrected chi connectivity index (χ3v) is 5.03. The van der Waals surface area contributed by atoms with Gasteiger partial charge in [0.15, 0.2) is 0 Å². The summed E-state index contributed by atoms with van der Waals surface area (Å²) in [7, 11) is 1.17. The monoisotopic (exact) mass is 333 g/mol. The highest BCUT2D eigenvalue weighted by Gasteiger charge is 2.25. The van der Waals surface area contributed by atoms with Crippen molar-refractivity contribution in [3.05, 3.63) is 29.1 Å². The molecule has 1 fully saturated rings. The van der Waals surface area contributed by atoms with Gasteiger partial charge in [-0.3, -0.25) is 4.79 Å². The van der Waals surface area contributed by atoms with E-state index >= 15 is 0 Å². The quantitative estimate of drug-likeness (QED) is 0.842. The Kier molecular flexibility index (Phi) is 4.58. The normalized spacial score (nSPS) is 16.6. The van der Waals surface area contributed by atoms with Crippen molar-refractivity contribution in [2.45, 2.75) is 44.0 Å². The van der Waals surface area contributed by atoms with Gasteiger partial charge in [0.05, 0.1) is 4.90 Å². The largest absolute Gasteiger partial charge is 0.350 e. The number of carbonyl (C=O) groups excluding carboxylic acids is 1. The molecule has 0 spiro atoms. The van der Waals surface area contributed by atoms with Crippen LogP contribution in [0.1, 0.15) is 42.1 Å². The van der Waals surface area contributed by atoms with Gasteiger partial charge in [-0.2, -0.15) is 0 Å². The minimum absolute atomic E-state index is 0.0366. The second kappa shape index (κ2) is 5.93. The zero-order chi connectivity index (χ0) is 15.8. The summed E-state index contributed by atoms with van der Waals surface area (Å²) in [6.07, 6.45) is 3.22. The average molecular weight is 334 g/mol. The SMILES string of the molecule is Cc1c(F)cc(C(=O)NC(C)CC2CC2)cc1S(=O)(=O)Cl. The summed E-state index contributed by atoms with van der Waals surface area (Å²) in [5.74, 6) is -0.617. The van der Waals surface area contributed by atoms with Gasteiger partial charge in [-0.05, 0) is 38.3 Å². The van der Waals surface area contributed by atoms with Crippen molar-refractivity contribution in [2.24, 2.45) is 5.92 Å². The summed E-state index contributed by atoms with van der Waals surface area (Å²) >= 11 is 0. The van der Waals surface area contributed by atoms with E-state index in [1.165, 1.54) is 19.8 Å². The molecule has 1 aromatic carbocycles. The Bertz CT molecular complexity index is 671. The molecule has 0 saturated heterocycles. The number of hydrogen-bond donors (Lipinski definition) is 1. The Balaban J connectivity index is 2.22. The summed E-state index contributed by atoms with van der Waals surface area (Å²) in [5, 5.41) is 2.75. The van der Waals surface area contributed by atoms with Crippen LogP contribution in [0.3, 0.4) is 0 Å². The first-order valence-electron chi connectivity index (χ1n) is 6.74. The van der Waals surface area contributed by atoms with Crippen LogP contribution in [0.15, 0.2) is 17.0 Å². The van der Waals surface area contributed by atoms with E-state index < -0.39 is 20.8 Å². The molecule has 0 radical (unpaired) electrons. The molecule has 1 aliphatic carbocycles. The molecule has 1 saturated carbocycles. The zero-order valence-corrected chi connectivity index (χ0v) is 13.4. The second-order valence-corrected chi connectivity index (χ2v) is 8.11. The Morgan fingerprint density at radius 1 is 1.48 bits per heavy atom. The number of amides is 1. The van der Waals surface area contributed by atoms with E-state index in [1.54, 1.807) is 0 Å². The van der Waals surface area contributed by atoms with Gasteiger partial charge in [0.25, 0.3) is 15.0 Å². The predicted molar refractivity (Wildman–Crippen MR) is 78.4 cm³/mol. The minimum Gasteiger partial charge on any atom is -0.350 e. The zero-order valence-electron chi connectivity index (χ0n) is 11.8. The Morgan fingerprint density at radius 3 is 2.62 bits per heavy atom. The van der Waals surface area contributed by atoms with E-state index in [4.69, 9.17) is 10.7 Å². The number of nitrogens with one attached hydrogen (secondary N) is 1. The highest BCUT2D eigenvalue weighted by molar-refractivity contribution is 8.13. The number of carbonyl (C=O) groups is 1. The lowest BCUT2D eigenvalue weighted by molar-refractivity contribution is 0.0936. The molecule has 7 heteroatoms. The summed E-state index contributed by atoms with van der Waals surface area (Å²) in [4.78, 5) is 11.7. The Labute approximate surface area is 128 Å². The van der Waals surface area contributed by atoms with Crippen LogP contribution >= 0.6 is 10.7 Å². The highest BCUT2D eigenvalue weighted by Crippen LogP contribution is 2.33. The second-order valence-electron chi connectivity index (χ2n) is 5.57. The molecule has 1 amide bonds. The summed E-state index contributed by atoms with van der Waals surface area (Å²) < 4.78 is 36.6. The van der Waals surface area contributed by atoms with Crippen LogP contribution in [-0.2, 0) is 9.05 Å². The van der Waals surface area contributed by atoms with Crippen LogP contribution < -0.4 is 5.32 Å². The van der Waals surface area contributed by atoms with Crippen LogP contribution in [0, 0.1) is 18.7 Å². The molecule has 0 heterocycles. The van der Waals surface area contributed by atoms with E-state index in [2.05, 4.69) is 5.32 Å². The third-order valence-electron chi connectivity index (χ3n) is 3.58. The summed E-state index contributed by atoms with van der Waals surface area (Å²) in [6, 6.07) is 2.10. The summed E-state index contributed by atoms with van der Waals surface area (Å²) in [6.45, 7) is 3.18. The van der Waals surface area contributed by atoms with E-state index in [-0.39, 0.29) is 22.1 Å². The van der Waals surface area contributed by atoms with Gasteiger partial charge in [0.1, 0.15) is 5.82 Å². The topological polar surface area (TPSA) is 63.2 Å². The molecular formula is C14H17ClFNO3S. The van der Waals surface area contributed by atoms with Gasteiger partial charge in [-0.1, -0.05) is 12.8 Å². The first-order valence-corrected chi connectivity index (χ1v) is 9.05. The first kappa shape index (κ1) is 16.2. The average Bonchev–Trinajstić information content (AvgIpc) is 3.14. The standard InChI is InChI=1S/C14H17ClFNO3S/c1-8(5-10-3-4-10)17-14(18)11-6-12(16)9(2)13(7-11)21(15,19)20/h6-8,10H,3-5H2,1-2H3,(H,17,18). The predicted octanol–water partition coefficient (Wildman–Crippen LogP) is 2.98. The molecule has 1 atom stereocenters. The lowest BCUT2D eigenvalue weighted by atomic mass is 10.1. The van der Waals surface area contributed by atoms with E-state index in [1.807, 2.05) is 6.92 Å². The fourth-order valence-electron chi connectivity index (χ4n) is 2.26. The number of halogens is 2. The van der Waals surface area contributed by atoms with Gasteiger partial charge in [0, 0.05) is 27.9 Å². The highest BCUT2D eigenvalue weighted by atomic mass is 35.7. The molecule has 116 valence electrons. The van der Waals surface area contributed by atoms with E-state index in [9.17, 15) is 17.6 Å². The lowest BCUT2D eigenvalue weighted by Gasteiger charge is -2.14. The van der Waals surface area contributed by atoms with Gasteiger partial charge < -0.3 is 5.32 Å². The van der Waals surface area contributed by atoms with Crippen molar-refractivity contribution in [2.75, 3.05) is 0 Å². The van der Waals surface area contributed by atoms with Gasteiger partial charge >= 0.3 is 0 Å². The molecule has 4 nitrogen and oxygen atoms in total. The van der Waals surface area contributed by atoms with Crippen molar-refractivity contribution in [3.8, 4) is 0 Å². The molecule has 1 N–H and O–H groups in total. The smallest absolute Gasteiger partial charge is 0.261 e. The Hall–Kier alpha value is -1.14. The van der Waals surface area contributed by atoms with Crippen molar-refractivity contribution in [3.63, 3.8) is 0 Å². The first-order chi connectivity index (χ1) is 9.68. The fraction of sp³-hybridized carbons (Fsp3) is 0.500. The molecule has 2 rings (SSSR count). The Morgan fingerprint density at radius 2 is 2.10 bits per heavy atom. The van der Waals surface area contributed by atoms with Crippen LogP contribution in [0.5, 0.6) is 0 Å². The van der Waals surface area contributed by atoms with Crippen molar-refractivity contribution < 1.29 is 17.6 Å². The van der Waals surface area contributed by atoms with E-state index in [0.29, 0.717) is 5.92 Å². The minimum atomic E-state index is -4.10. The maximum Gasteiger partial charge on any atom is 0.261 e. The van der Waals surface area contributed by atoms with Crippen LogP contribution in [0.4, 0.5) is 4.39 Å². The van der Waals surface area contributed by atoms with Crippen molar-refractivity contribution >= 4 is 25.6 Å². The van der Waals surface area contributed by atoms with Crippen LogP contribution in [0.25, 0.3) is 0 Å². The van der Waals surface area contributed by atoms with Crippen LogP contribution in [-0.4, -0.2) is 20.4 Å². The molecule has 0 aliphatic heterocycles. The number of hydrogen-bond acceptors (Lipinski definition) is 3. The van der Waals surface area contributed by atoms with Gasteiger partial charge in [-0.25, -0.2) is 12.8 Å². The van der Waals surface area contributed by atoms with Crippen LogP contribution in [0.2, 0.25) is 0 Å². The molecule has 1 aromatic rings. The van der Waals surface area contributed by atoms with Crippen molar-refractivity contribution in [1.29, 1.82) is 0 Å². The van der Waals surface area contributed by atoms with Gasteiger partial charge in [0.2, 0.25) is 0 Å². The van der Waals surface area contributed by atoms with Crippen molar-refractivity contribution in [1.82, 2.24) is 5.32 Å². The number of benzene rings is 1. The molecule has 21 heavy (non-hydrogen) atoms.